The van der Waals surface area contributed by atoms with E-state index in [9.17, 15) is 4.79 Å². The standard InChI is InChI=1S/C14H19BrN2O/c15-13-5-3-11(4-6-13)10-17-14(18)8-12-2-1-7-16-9-12/h3-6,12,16H,1-2,7-10H2,(H,17,18). The van der Waals surface area contributed by atoms with Crippen LogP contribution >= 0.6 is 15.9 Å². The van der Waals surface area contributed by atoms with Crippen LogP contribution in [0.1, 0.15) is 24.8 Å². The largest absolute Gasteiger partial charge is 0.352 e. The van der Waals surface area contributed by atoms with E-state index >= 15 is 0 Å². The first-order valence-electron chi connectivity index (χ1n) is 6.46. The van der Waals surface area contributed by atoms with Gasteiger partial charge in [-0.2, -0.15) is 0 Å². The normalized spacial score (nSPS) is 19.5. The first-order chi connectivity index (χ1) is 8.74. The summed E-state index contributed by atoms with van der Waals surface area (Å²) in [5, 5.41) is 6.32. The molecule has 2 N–H and O–H groups in total. The predicted molar refractivity (Wildman–Crippen MR) is 76.2 cm³/mol. The van der Waals surface area contributed by atoms with Crippen molar-refractivity contribution in [3.05, 3.63) is 34.3 Å². The van der Waals surface area contributed by atoms with Crippen molar-refractivity contribution in [3.63, 3.8) is 0 Å². The quantitative estimate of drug-likeness (QED) is 0.897. The lowest BCUT2D eigenvalue weighted by Crippen LogP contribution is -2.34. The molecule has 1 aromatic rings. The third-order valence-electron chi connectivity index (χ3n) is 3.28. The molecule has 1 atom stereocenters. The predicted octanol–water partition coefficient (Wildman–Crippen LogP) is 2.46. The minimum atomic E-state index is 0.159. The van der Waals surface area contributed by atoms with E-state index in [4.69, 9.17) is 0 Å². The molecule has 1 aliphatic rings. The van der Waals surface area contributed by atoms with Gasteiger partial charge in [0.1, 0.15) is 0 Å². The van der Waals surface area contributed by atoms with Gasteiger partial charge in [-0.15, -0.1) is 0 Å². The van der Waals surface area contributed by atoms with Crippen molar-refractivity contribution < 1.29 is 4.79 Å². The fourth-order valence-corrected chi connectivity index (χ4v) is 2.50. The molecular formula is C14H19BrN2O. The second kappa shape index (κ2) is 6.90. The average molecular weight is 311 g/mol. The van der Waals surface area contributed by atoms with Crippen molar-refractivity contribution in [1.29, 1.82) is 0 Å². The summed E-state index contributed by atoms with van der Waals surface area (Å²) in [5.41, 5.74) is 1.13. The minimum Gasteiger partial charge on any atom is -0.352 e. The van der Waals surface area contributed by atoms with Crippen molar-refractivity contribution >= 4 is 21.8 Å². The summed E-state index contributed by atoms with van der Waals surface area (Å²) < 4.78 is 1.06. The lowest BCUT2D eigenvalue weighted by atomic mass is 9.96. The van der Waals surface area contributed by atoms with Crippen LogP contribution in [0.4, 0.5) is 0 Å². The minimum absolute atomic E-state index is 0.159. The van der Waals surface area contributed by atoms with Crippen LogP contribution in [0, 0.1) is 5.92 Å². The molecule has 0 saturated carbocycles. The SMILES string of the molecule is O=C(CC1CCCNC1)NCc1ccc(Br)cc1. The summed E-state index contributed by atoms with van der Waals surface area (Å²) >= 11 is 3.40. The van der Waals surface area contributed by atoms with Gasteiger partial charge in [0.05, 0.1) is 0 Å². The number of benzene rings is 1. The molecule has 0 spiro atoms. The highest BCUT2D eigenvalue weighted by Crippen LogP contribution is 2.14. The Bertz CT molecular complexity index is 385. The molecule has 3 nitrogen and oxygen atoms in total. The van der Waals surface area contributed by atoms with Crippen LogP contribution in [0.3, 0.4) is 0 Å². The third kappa shape index (κ3) is 4.42. The molecule has 18 heavy (non-hydrogen) atoms. The second-order valence-corrected chi connectivity index (χ2v) is 5.74. The van der Waals surface area contributed by atoms with Crippen LogP contribution in [0.15, 0.2) is 28.7 Å². The average Bonchev–Trinajstić information content (AvgIpc) is 2.39. The molecule has 1 aliphatic heterocycles. The van der Waals surface area contributed by atoms with Gasteiger partial charge < -0.3 is 10.6 Å². The first-order valence-corrected chi connectivity index (χ1v) is 7.25. The van der Waals surface area contributed by atoms with Gasteiger partial charge in [-0.05, 0) is 49.5 Å². The number of amides is 1. The number of carbonyl (C=O) groups excluding carboxylic acids is 1. The van der Waals surface area contributed by atoms with E-state index in [0.29, 0.717) is 18.9 Å². The Morgan fingerprint density at radius 3 is 2.83 bits per heavy atom. The molecular weight excluding hydrogens is 292 g/mol. The van der Waals surface area contributed by atoms with Gasteiger partial charge in [0.15, 0.2) is 0 Å². The monoisotopic (exact) mass is 310 g/mol. The van der Waals surface area contributed by atoms with Gasteiger partial charge in [0.25, 0.3) is 0 Å². The second-order valence-electron chi connectivity index (χ2n) is 4.82. The molecule has 1 amide bonds. The molecule has 1 aromatic carbocycles. The van der Waals surface area contributed by atoms with Crippen molar-refractivity contribution in [2.45, 2.75) is 25.8 Å². The highest BCUT2D eigenvalue weighted by molar-refractivity contribution is 9.10. The van der Waals surface area contributed by atoms with Crippen LogP contribution in [0.25, 0.3) is 0 Å². The smallest absolute Gasteiger partial charge is 0.220 e. The number of nitrogens with one attached hydrogen (secondary N) is 2. The Kier molecular flexibility index (Phi) is 5.20. The Labute approximate surface area is 116 Å². The van der Waals surface area contributed by atoms with E-state index in [1.54, 1.807) is 0 Å². The van der Waals surface area contributed by atoms with E-state index in [2.05, 4.69) is 26.6 Å². The van der Waals surface area contributed by atoms with Gasteiger partial charge in [0.2, 0.25) is 5.91 Å². The molecule has 0 radical (unpaired) electrons. The molecule has 98 valence electrons. The van der Waals surface area contributed by atoms with E-state index < -0.39 is 0 Å². The van der Waals surface area contributed by atoms with Gasteiger partial charge in [-0.25, -0.2) is 0 Å². The van der Waals surface area contributed by atoms with Crippen LogP contribution in [0.2, 0.25) is 0 Å². The first kappa shape index (κ1) is 13.6. The number of rotatable bonds is 4. The molecule has 1 unspecified atom stereocenters. The van der Waals surface area contributed by atoms with Crippen LogP contribution < -0.4 is 10.6 Å². The Balaban J connectivity index is 1.72. The zero-order valence-corrected chi connectivity index (χ0v) is 12.0. The Morgan fingerprint density at radius 1 is 1.39 bits per heavy atom. The maximum absolute atomic E-state index is 11.8. The molecule has 1 saturated heterocycles. The summed E-state index contributed by atoms with van der Waals surface area (Å²) in [6.07, 6.45) is 2.99. The third-order valence-corrected chi connectivity index (χ3v) is 3.80. The molecule has 0 bridgehead atoms. The van der Waals surface area contributed by atoms with Gasteiger partial charge in [-0.3, -0.25) is 4.79 Å². The summed E-state index contributed by atoms with van der Waals surface area (Å²) in [7, 11) is 0. The Morgan fingerprint density at radius 2 is 2.17 bits per heavy atom. The molecule has 2 rings (SSSR count). The van der Waals surface area contributed by atoms with Gasteiger partial charge >= 0.3 is 0 Å². The highest BCUT2D eigenvalue weighted by Gasteiger charge is 2.16. The van der Waals surface area contributed by atoms with Crippen LogP contribution in [-0.4, -0.2) is 19.0 Å². The fourth-order valence-electron chi connectivity index (χ4n) is 2.24. The van der Waals surface area contributed by atoms with Crippen LogP contribution in [-0.2, 0) is 11.3 Å². The number of hydrogen-bond acceptors (Lipinski definition) is 2. The number of piperidine rings is 1. The zero-order valence-electron chi connectivity index (χ0n) is 10.4. The van der Waals surface area contributed by atoms with E-state index in [-0.39, 0.29) is 5.91 Å². The van der Waals surface area contributed by atoms with Crippen molar-refractivity contribution in [3.8, 4) is 0 Å². The zero-order chi connectivity index (χ0) is 12.8. The van der Waals surface area contributed by atoms with Gasteiger partial charge in [-0.1, -0.05) is 28.1 Å². The number of halogens is 1. The molecule has 0 aliphatic carbocycles. The summed E-state index contributed by atoms with van der Waals surface area (Å²) in [4.78, 5) is 11.8. The number of hydrogen-bond donors (Lipinski definition) is 2. The summed E-state index contributed by atoms with van der Waals surface area (Å²) in [6.45, 7) is 2.69. The molecule has 1 fully saturated rings. The van der Waals surface area contributed by atoms with E-state index in [1.807, 2.05) is 24.3 Å². The van der Waals surface area contributed by atoms with Gasteiger partial charge in [0, 0.05) is 17.4 Å². The topological polar surface area (TPSA) is 41.1 Å². The lowest BCUT2D eigenvalue weighted by Gasteiger charge is -2.22. The Hall–Kier alpha value is -0.870. The van der Waals surface area contributed by atoms with E-state index in [1.165, 1.54) is 12.8 Å². The molecule has 4 heteroatoms. The maximum Gasteiger partial charge on any atom is 0.220 e. The lowest BCUT2D eigenvalue weighted by molar-refractivity contribution is -0.122. The van der Waals surface area contributed by atoms with Crippen LogP contribution in [0.5, 0.6) is 0 Å². The summed E-state index contributed by atoms with van der Waals surface area (Å²) in [6, 6.07) is 8.03. The highest BCUT2D eigenvalue weighted by atomic mass is 79.9. The maximum atomic E-state index is 11.8. The number of carbonyl (C=O) groups is 1. The van der Waals surface area contributed by atoms with Crippen molar-refractivity contribution in [1.82, 2.24) is 10.6 Å². The van der Waals surface area contributed by atoms with Crippen molar-refractivity contribution in [2.75, 3.05) is 13.1 Å². The molecule has 0 aromatic heterocycles. The summed E-state index contributed by atoms with van der Waals surface area (Å²) in [5.74, 6) is 0.662. The fraction of sp³-hybridized carbons (Fsp3) is 0.500. The van der Waals surface area contributed by atoms with Crippen molar-refractivity contribution in [2.24, 2.45) is 5.92 Å². The van der Waals surface area contributed by atoms with E-state index in [0.717, 1.165) is 23.1 Å². The molecule has 1 heterocycles.